The van der Waals surface area contributed by atoms with E-state index in [0.717, 1.165) is 44.7 Å². The summed E-state index contributed by atoms with van der Waals surface area (Å²) in [6.07, 6.45) is 4.16. The summed E-state index contributed by atoms with van der Waals surface area (Å²) in [7, 11) is 0. The van der Waals surface area contributed by atoms with Crippen molar-refractivity contribution >= 4 is 17.1 Å². The van der Waals surface area contributed by atoms with Crippen LogP contribution in [0.1, 0.15) is 49.6 Å². The molecule has 3 unspecified atom stereocenters. The maximum atomic E-state index is 12.1. The average Bonchev–Trinajstić information content (AvgIpc) is 2.86. The second-order valence-electron chi connectivity index (χ2n) is 6.26. The summed E-state index contributed by atoms with van der Waals surface area (Å²) in [5.41, 5.74) is 1.49. The van der Waals surface area contributed by atoms with Crippen LogP contribution in [0.25, 0.3) is 0 Å². The van der Waals surface area contributed by atoms with Crippen LogP contribution in [-0.4, -0.2) is 23.8 Å². The van der Waals surface area contributed by atoms with E-state index in [2.05, 4.69) is 30.2 Å². The molecule has 1 aromatic rings. The largest absolute Gasteiger partial charge is 0.299 e. The molecule has 3 heteroatoms. The number of Topliss-reactive ketones (excluding diaryl/α,β-unsaturated/α-hetero) is 1. The topological polar surface area (TPSA) is 20.3 Å². The van der Waals surface area contributed by atoms with Gasteiger partial charge in [0.25, 0.3) is 0 Å². The van der Waals surface area contributed by atoms with Gasteiger partial charge in [0, 0.05) is 36.3 Å². The fourth-order valence-corrected chi connectivity index (χ4v) is 4.56. The van der Waals surface area contributed by atoms with Gasteiger partial charge in [0.2, 0.25) is 0 Å². The molecule has 1 aliphatic carbocycles. The van der Waals surface area contributed by atoms with E-state index >= 15 is 0 Å². The van der Waals surface area contributed by atoms with Gasteiger partial charge in [0.1, 0.15) is 5.78 Å². The summed E-state index contributed by atoms with van der Waals surface area (Å²) >= 11 is 1.88. The van der Waals surface area contributed by atoms with E-state index in [1.165, 1.54) is 5.56 Å². The molecule has 0 radical (unpaired) electrons. The van der Waals surface area contributed by atoms with Gasteiger partial charge in [-0.2, -0.15) is 0 Å². The zero-order valence-electron chi connectivity index (χ0n) is 11.9. The minimum atomic E-state index is 0.284. The van der Waals surface area contributed by atoms with Gasteiger partial charge in [-0.25, -0.2) is 0 Å². The molecule has 2 aliphatic rings. The Bertz CT molecular complexity index is 467. The van der Waals surface area contributed by atoms with Crippen molar-refractivity contribution in [2.24, 2.45) is 11.8 Å². The number of ketones is 1. The van der Waals surface area contributed by atoms with E-state index in [-0.39, 0.29) is 5.92 Å². The van der Waals surface area contributed by atoms with Gasteiger partial charge in [-0.15, -0.1) is 11.3 Å². The van der Waals surface area contributed by atoms with Crippen molar-refractivity contribution in [3.63, 3.8) is 0 Å². The zero-order chi connectivity index (χ0) is 13.4. The van der Waals surface area contributed by atoms with E-state index in [4.69, 9.17) is 0 Å². The van der Waals surface area contributed by atoms with Crippen LogP contribution < -0.4 is 0 Å². The molecule has 19 heavy (non-hydrogen) atoms. The lowest BCUT2D eigenvalue weighted by Crippen LogP contribution is -2.40. The van der Waals surface area contributed by atoms with Gasteiger partial charge in [-0.05, 0) is 49.1 Å². The van der Waals surface area contributed by atoms with Crippen molar-refractivity contribution in [1.82, 2.24) is 4.90 Å². The van der Waals surface area contributed by atoms with Crippen molar-refractivity contribution in [3.8, 4) is 0 Å². The Morgan fingerprint density at radius 2 is 2.21 bits per heavy atom. The molecule has 0 spiro atoms. The smallest absolute Gasteiger partial charge is 0.137 e. The lowest BCUT2D eigenvalue weighted by molar-refractivity contribution is -0.126. The first kappa shape index (κ1) is 13.3. The molecule has 1 aliphatic heterocycles. The van der Waals surface area contributed by atoms with Crippen molar-refractivity contribution < 1.29 is 4.79 Å². The molecule has 0 bridgehead atoms. The minimum Gasteiger partial charge on any atom is -0.299 e. The SMILES string of the molecule is CC1CCC(=O)C(CN2CCc3sccc3C2C)C1. The van der Waals surface area contributed by atoms with Crippen LogP contribution in [0.5, 0.6) is 0 Å². The molecule has 1 fully saturated rings. The number of rotatable bonds is 2. The Kier molecular flexibility index (Phi) is 3.77. The van der Waals surface area contributed by atoms with Crippen molar-refractivity contribution in [2.75, 3.05) is 13.1 Å². The minimum absolute atomic E-state index is 0.284. The molecule has 0 amide bonds. The molecule has 0 aromatic carbocycles. The molecule has 0 N–H and O–H groups in total. The Morgan fingerprint density at radius 1 is 1.37 bits per heavy atom. The van der Waals surface area contributed by atoms with E-state index in [1.54, 1.807) is 4.88 Å². The third kappa shape index (κ3) is 2.63. The second kappa shape index (κ2) is 5.37. The number of thiophene rings is 1. The Hall–Kier alpha value is -0.670. The van der Waals surface area contributed by atoms with E-state index in [1.807, 2.05) is 11.3 Å². The molecule has 3 atom stereocenters. The number of fused-ring (bicyclic) bond motifs is 1. The molecular formula is C16H23NOS. The zero-order valence-corrected chi connectivity index (χ0v) is 12.7. The van der Waals surface area contributed by atoms with Crippen LogP contribution in [-0.2, 0) is 11.2 Å². The molecule has 0 saturated heterocycles. The van der Waals surface area contributed by atoms with Crippen molar-refractivity contribution in [2.45, 2.75) is 45.6 Å². The average molecular weight is 277 g/mol. The highest BCUT2D eigenvalue weighted by atomic mass is 32.1. The first-order chi connectivity index (χ1) is 9.15. The van der Waals surface area contributed by atoms with E-state index in [0.29, 0.717) is 11.8 Å². The van der Waals surface area contributed by atoms with Crippen LogP contribution >= 0.6 is 11.3 Å². The second-order valence-corrected chi connectivity index (χ2v) is 7.26. The molecule has 2 nitrogen and oxygen atoms in total. The predicted molar refractivity (Wildman–Crippen MR) is 79.5 cm³/mol. The van der Waals surface area contributed by atoms with Crippen molar-refractivity contribution in [3.05, 3.63) is 21.9 Å². The molecule has 2 heterocycles. The first-order valence-corrected chi connectivity index (χ1v) is 8.36. The molecular weight excluding hydrogens is 254 g/mol. The monoisotopic (exact) mass is 277 g/mol. The molecule has 104 valence electrons. The molecule has 1 aromatic heterocycles. The normalized spacial score (nSPS) is 32.3. The van der Waals surface area contributed by atoms with Gasteiger partial charge in [0.05, 0.1) is 0 Å². The fraction of sp³-hybridized carbons (Fsp3) is 0.688. The number of carbonyl (C=O) groups is 1. The van der Waals surface area contributed by atoms with Crippen LogP contribution in [0.15, 0.2) is 11.4 Å². The fourth-order valence-electron chi connectivity index (χ4n) is 3.60. The van der Waals surface area contributed by atoms with E-state index < -0.39 is 0 Å². The standard InChI is InChI=1S/C16H23NOS/c1-11-3-4-15(18)13(9-11)10-17-7-5-16-14(12(17)2)6-8-19-16/h6,8,11-13H,3-5,7,9-10H2,1-2H3. The van der Waals surface area contributed by atoms with E-state index in [9.17, 15) is 4.79 Å². The number of carbonyl (C=O) groups excluding carboxylic acids is 1. The summed E-state index contributed by atoms with van der Waals surface area (Å²) in [4.78, 5) is 16.2. The predicted octanol–water partition coefficient (Wildman–Crippen LogP) is 3.67. The summed E-state index contributed by atoms with van der Waals surface area (Å²) in [5.74, 6) is 1.51. The van der Waals surface area contributed by atoms with Gasteiger partial charge >= 0.3 is 0 Å². The Labute approximate surface area is 119 Å². The van der Waals surface area contributed by atoms with Crippen molar-refractivity contribution in [1.29, 1.82) is 0 Å². The highest BCUT2D eigenvalue weighted by molar-refractivity contribution is 7.10. The molecule has 3 rings (SSSR count). The summed E-state index contributed by atoms with van der Waals surface area (Å²) in [6.45, 7) is 6.67. The van der Waals surface area contributed by atoms with Crippen LogP contribution in [0.3, 0.4) is 0 Å². The highest BCUT2D eigenvalue weighted by Gasteiger charge is 2.31. The van der Waals surface area contributed by atoms with Gasteiger partial charge < -0.3 is 0 Å². The van der Waals surface area contributed by atoms with Gasteiger partial charge in [-0.3, -0.25) is 9.69 Å². The van der Waals surface area contributed by atoms with Crippen LogP contribution in [0, 0.1) is 11.8 Å². The Morgan fingerprint density at radius 3 is 3.05 bits per heavy atom. The number of nitrogens with zero attached hydrogens (tertiary/aromatic N) is 1. The maximum Gasteiger partial charge on any atom is 0.137 e. The maximum absolute atomic E-state index is 12.1. The lowest BCUT2D eigenvalue weighted by atomic mass is 9.81. The Balaban J connectivity index is 1.69. The number of hydrogen-bond donors (Lipinski definition) is 0. The number of hydrogen-bond acceptors (Lipinski definition) is 3. The molecule has 1 saturated carbocycles. The summed E-state index contributed by atoms with van der Waals surface area (Å²) in [6, 6.07) is 2.75. The highest BCUT2D eigenvalue weighted by Crippen LogP contribution is 2.35. The van der Waals surface area contributed by atoms with Gasteiger partial charge in [0.15, 0.2) is 0 Å². The third-order valence-corrected chi connectivity index (χ3v) is 5.88. The lowest BCUT2D eigenvalue weighted by Gasteiger charge is -2.37. The first-order valence-electron chi connectivity index (χ1n) is 7.48. The third-order valence-electron chi connectivity index (χ3n) is 4.88. The quantitative estimate of drug-likeness (QED) is 0.822. The summed E-state index contributed by atoms with van der Waals surface area (Å²) in [5, 5.41) is 2.21. The van der Waals surface area contributed by atoms with Gasteiger partial charge in [-0.1, -0.05) is 6.92 Å². The van der Waals surface area contributed by atoms with Crippen LogP contribution in [0.4, 0.5) is 0 Å². The summed E-state index contributed by atoms with van der Waals surface area (Å²) < 4.78 is 0. The van der Waals surface area contributed by atoms with Crippen LogP contribution in [0.2, 0.25) is 0 Å².